The van der Waals surface area contributed by atoms with Crippen LogP contribution in [0.4, 0.5) is 5.82 Å². The second-order valence-electron chi connectivity index (χ2n) is 6.90. The maximum atomic E-state index is 12.4. The Kier molecular flexibility index (Phi) is 5.53. The Morgan fingerprint density at radius 2 is 2.12 bits per heavy atom. The van der Waals surface area contributed by atoms with Crippen LogP contribution >= 0.6 is 11.8 Å². The number of anilines is 1. The van der Waals surface area contributed by atoms with Crippen molar-refractivity contribution in [3.63, 3.8) is 0 Å². The summed E-state index contributed by atoms with van der Waals surface area (Å²) in [5.41, 5.74) is -0.138. The maximum Gasteiger partial charge on any atom is 0.325 e. The van der Waals surface area contributed by atoms with Crippen molar-refractivity contribution < 1.29 is 19.5 Å². The van der Waals surface area contributed by atoms with Gasteiger partial charge in [0.1, 0.15) is 12.6 Å². The first kappa shape index (κ1) is 18.3. The standard InChI is InChI=1S/C15H22N4O4S/c1-15(2,3)6-12(20)19-9-24-8-10(19)14(23)16-11-4-5-18(17-11)7-13(21)22/h4-5,10H,6-9H2,1-3H3,(H,21,22)(H,16,17,23). The minimum atomic E-state index is -1.01. The summed E-state index contributed by atoms with van der Waals surface area (Å²) in [7, 11) is 0. The fourth-order valence-electron chi connectivity index (χ4n) is 2.33. The van der Waals surface area contributed by atoms with E-state index >= 15 is 0 Å². The van der Waals surface area contributed by atoms with E-state index in [1.165, 1.54) is 28.7 Å². The van der Waals surface area contributed by atoms with Gasteiger partial charge < -0.3 is 15.3 Å². The average Bonchev–Trinajstić information content (AvgIpc) is 3.05. The van der Waals surface area contributed by atoms with Crippen molar-refractivity contribution in [2.45, 2.75) is 39.8 Å². The summed E-state index contributed by atoms with van der Waals surface area (Å²) >= 11 is 1.54. The summed E-state index contributed by atoms with van der Waals surface area (Å²) in [5.74, 6) is -0.0340. The normalized spacial score (nSPS) is 17.8. The Bertz CT molecular complexity index is 638. The van der Waals surface area contributed by atoms with Crippen LogP contribution in [-0.4, -0.2) is 55.2 Å². The molecule has 1 aliphatic rings. The van der Waals surface area contributed by atoms with Crippen LogP contribution in [0.5, 0.6) is 0 Å². The van der Waals surface area contributed by atoms with Crippen LogP contribution in [-0.2, 0) is 20.9 Å². The van der Waals surface area contributed by atoms with Crippen molar-refractivity contribution >= 4 is 35.4 Å². The predicted octanol–water partition coefficient (Wildman–Crippen LogP) is 1.24. The molecule has 1 atom stereocenters. The van der Waals surface area contributed by atoms with Crippen LogP contribution in [0.3, 0.4) is 0 Å². The van der Waals surface area contributed by atoms with Crippen LogP contribution in [0.1, 0.15) is 27.2 Å². The molecule has 0 aliphatic carbocycles. The number of carbonyl (C=O) groups excluding carboxylic acids is 2. The zero-order valence-corrected chi connectivity index (χ0v) is 14.8. The molecule has 0 spiro atoms. The topological polar surface area (TPSA) is 105 Å². The molecule has 2 N–H and O–H groups in total. The summed E-state index contributed by atoms with van der Waals surface area (Å²) in [6, 6.07) is 0.999. The number of carboxylic acids is 1. The molecule has 2 heterocycles. The van der Waals surface area contributed by atoms with Gasteiger partial charge in [0.05, 0.1) is 5.88 Å². The summed E-state index contributed by atoms with van der Waals surface area (Å²) < 4.78 is 1.23. The van der Waals surface area contributed by atoms with Gasteiger partial charge in [-0.25, -0.2) is 0 Å². The lowest BCUT2D eigenvalue weighted by Gasteiger charge is -2.26. The van der Waals surface area contributed by atoms with E-state index in [2.05, 4.69) is 10.4 Å². The quantitative estimate of drug-likeness (QED) is 0.824. The summed E-state index contributed by atoms with van der Waals surface area (Å²) in [5, 5.41) is 15.4. The van der Waals surface area contributed by atoms with Crippen molar-refractivity contribution in [2.24, 2.45) is 5.41 Å². The van der Waals surface area contributed by atoms with Crippen molar-refractivity contribution in [2.75, 3.05) is 16.9 Å². The molecule has 8 nitrogen and oxygen atoms in total. The highest BCUT2D eigenvalue weighted by molar-refractivity contribution is 7.99. The van der Waals surface area contributed by atoms with Gasteiger partial charge in [0.25, 0.3) is 0 Å². The summed E-state index contributed by atoms with van der Waals surface area (Å²) in [6.45, 7) is 5.68. The van der Waals surface area contributed by atoms with E-state index in [0.29, 0.717) is 18.1 Å². The summed E-state index contributed by atoms with van der Waals surface area (Å²) in [6.07, 6.45) is 1.86. The van der Waals surface area contributed by atoms with Gasteiger partial charge in [0, 0.05) is 24.4 Å². The molecule has 1 aliphatic heterocycles. The zero-order chi connectivity index (χ0) is 17.9. The number of thioether (sulfide) groups is 1. The lowest BCUT2D eigenvalue weighted by Crippen LogP contribution is -2.45. The minimum Gasteiger partial charge on any atom is -0.480 e. The van der Waals surface area contributed by atoms with Gasteiger partial charge in [-0.1, -0.05) is 20.8 Å². The van der Waals surface area contributed by atoms with Crippen molar-refractivity contribution in [1.82, 2.24) is 14.7 Å². The molecule has 0 aromatic carbocycles. The van der Waals surface area contributed by atoms with Crippen LogP contribution in [0.15, 0.2) is 12.3 Å². The molecule has 9 heteroatoms. The smallest absolute Gasteiger partial charge is 0.325 e. The Labute approximate surface area is 144 Å². The Morgan fingerprint density at radius 3 is 2.75 bits per heavy atom. The van der Waals surface area contributed by atoms with Gasteiger partial charge in [0.15, 0.2) is 5.82 Å². The van der Waals surface area contributed by atoms with Gasteiger partial charge in [-0.2, -0.15) is 5.10 Å². The van der Waals surface area contributed by atoms with E-state index in [-0.39, 0.29) is 29.6 Å². The van der Waals surface area contributed by atoms with Crippen molar-refractivity contribution in [3.05, 3.63) is 12.3 Å². The number of aromatic nitrogens is 2. The Morgan fingerprint density at radius 1 is 1.42 bits per heavy atom. The van der Waals surface area contributed by atoms with Gasteiger partial charge in [0.2, 0.25) is 11.8 Å². The summed E-state index contributed by atoms with van der Waals surface area (Å²) in [4.78, 5) is 37.1. The third-order valence-corrected chi connectivity index (χ3v) is 4.39. The van der Waals surface area contributed by atoms with E-state index in [1.54, 1.807) is 4.90 Å². The van der Waals surface area contributed by atoms with Crippen molar-refractivity contribution in [3.8, 4) is 0 Å². The fraction of sp³-hybridized carbons (Fsp3) is 0.600. The molecule has 1 aromatic heterocycles. The first-order valence-corrected chi connectivity index (χ1v) is 8.74. The predicted molar refractivity (Wildman–Crippen MR) is 90.5 cm³/mol. The molecular formula is C15H22N4O4S. The molecule has 1 saturated heterocycles. The average molecular weight is 354 g/mol. The van der Waals surface area contributed by atoms with E-state index in [9.17, 15) is 14.4 Å². The molecule has 1 fully saturated rings. The van der Waals surface area contributed by atoms with Crippen LogP contribution in [0.2, 0.25) is 0 Å². The maximum absolute atomic E-state index is 12.4. The lowest BCUT2D eigenvalue weighted by molar-refractivity contribution is -0.138. The zero-order valence-electron chi connectivity index (χ0n) is 14.0. The highest BCUT2D eigenvalue weighted by Crippen LogP contribution is 2.27. The number of carboxylic acid groups (broad SMARTS) is 1. The Balaban J connectivity index is 1.99. The van der Waals surface area contributed by atoms with Crippen LogP contribution in [0.25, 0.3) is 0 Å². The van der Waals surface area contributed by atoms with Gasteiger partial charge in [-0.3, -0.25) is 19.1 Å². The monoisotopic (exact) mass is 354 g/mol. The highest BCUT2D eigenvalue weighted by atomic mass is 32.2. The third kappa shape index (κ3) is 4.98. The number of amides is 2. The molecule has 0 radical (unpaired) electrons. The molecule has 24 heavy (non-hydrogen) atoms. The van der Waals surface area contributed by atoms with Gasteiger partial charge >= 0.3 is 5.97 Å². The largest absolute Gasteiger partial charge is 0.480 e. The number of rotatable bonds is 5. The molecule has 2 rings (SSSR count). The molecule has 2 amide bonds. The molecule has 1 unspecified atom stereocenters. The highest BCUT2D eigenvalue weighted by Gasteiger charge is 2.36. The number of carbonyl (C=O) groups is 3. The molecule has 0 saturated carbocycles. The number of hydrogen-bond donors (Lipinski definition) is 2. The third-order valence-electron chi connectivity index (χ3n) is 3.38. The second kappa shape index (κ2) is 7.25. The molecular weight excluding hydrogens is 332 g/mol. The molecule has 1 aromatic rings. The SMILES string of the molecule is CC(C)(C)CC(=O)N1CSCC1C(=O)Nc1ccn(CC(=O)O)n1. The second-order valence-corrected chi connectivity index (χ2v) is 7.90. The van der Waals surface area contributed by atoms with E-state index < -0.39 is 12.0 Å². The molecule has 0 bridgehead atoms. The first-order valence-electron chi connectivity index (χ1n) is 7.59. The lowest BCUT2D eigenvalue weighted by atomic mass is 9.91. The number of aliphatic carboxylic acids is 1. The number of nitrogens with one attached hydrogen (secondary N) is 1. The van der Waals surface area contributed by atoms with E-state index in [1.807, 2.05) is 20.8 Å². The molecule has 132 valence electrons. The van der Waals surface area contributed by atoms with Crippen molar-refractivity contribution in [1.29, 1.82) is 0 Å². The van der Waals surface area contributed by atoms with E-state index in [4.69, 9.17) is 5.11 Å². The van der Waals surface area contributed by atoms with Gasteiger partial charge in [-0.15, -0.1) is 11.8 Å². The fourth-order valence-corrected chi connectivity index (χ4v) is 3.51. The number of hydrogen-bond acceptors (Lipinski definition) is 5. The number of nitrogens with zero attached hydrogens (tertiary/aromatic N) is 3. The van der Waals surface area contributed by atoms with E-state index in [0.717, 1.165) is 0 Å². The Hall–Kier alpha value is -2.03. The van der Waals surface area contributed by atoms with Crippen LogP contribution in [0, 0.1) is 5.41 Å². The minimum absolute atomic E-state index is 0.0379. The van der Waals surface area contributed by atoms with Gasteiger partial charge in [-0.05, 0) is 5.41 Å². The first-order chi connectivity index (χ1) is 11.2. The van der Waals surface area contributed by atoms with Crippen LogP contribution < -0.4 is 5.32 Å².